The maximum atomic E-state index is 12.8. The molecule has 1 heterocycles. The fourth-order valence-electron chi connectivity index (χ4n) is 3.09. The van der Waals surface area contributed by atoms with Crippen LogP contribution in [0.1, 0.15) is 22.8 Å². The Morgan fingerprint density at radius 1 is 1.21 bits per heavy atom. The summed E-state index contributed by atoms with van der Waals surface area (Å²) in [6.45, 7) is 6.31. The van der Waals surface area contributed by atoms with E-state index in [0.29, 0.717) is 21.4 Å². The summed E-state index contributed by atoms with van der Waals surface area (Å²) in [5, 5.41) is 4.16. The van der Waals surface area contributed by atoms with Gasteiger partial charge in [0, 0.05) is 41.3 Å². The van der Waals surface area contributed by atoms with E-state index in [1.54, 1.807) is 24.3 Å². The Morgan fingerprint density at radius 3 is 2.71 bits per heavy atom. The zero-order chi connectivity index (χ0) is 19.9. The lowest BCUT2D eigenvalue weighted by Gasteiger charge is -2.29. The zero-order valence-corrected chi connectivity index (χ0v) is 17.3. The summed E-state index contributed by atoms with van der Waals surface area (Å²) in [5.74, 6) is 0.364. The van der Waals surface area contributed by atoms with Gasteiger partial charge in [0.15, 0.2) is 0 Å². The first-order chi connectivity index (χ1) is 13.5. The lowest BCUT2D eigenvalue weighted by atomic mass is 10.1. The highest BCUT2D eigenvalue weighted by Gasteiger charge is 2.18. The first-order valence-electron chi connectivity index (χ1n) is 9.29. The predicted octanol–water partition coefficient (Wildman–Crippen LogP) is 4.02. The number of halogens is 2. The largest absolute Gasteiger partial charge is 0.488 e. The van der Waals surface area contributed by atoms with E-state index < -0.39 is 0 Å². The summed E-state index contributed by atoms with van der Waals surface area (Å²) < 4.78 is 11.2. The minimum absolute atomic E-state index is 0.0179. The number of carbonyl (C=O) groups excluding carboxylic acids is 1. The third-order valence-electron chi connectivity index (χ3n) is 4.54. The van der Waals surface area contributed by atoms with Gasteiger partial charge in [0.2, 0.25) is 0 Å². The predicted molar refractivity (Wildman–Crippen MR) is 111 cm³/mol. The molecular formula is C21H24Cl2N2O3. The summed E-state index contributed by atoms with van der Waals surface area (Å²) in [6.07, 6.45) is 0. The number of amides is 1. The van der Waals surface area contributed by atoms with Crippen molar-refractivity contribution in [2.75, 3.05) is 32.8 Å². The van der Waals surface area contributed by atoms with Crippen LogP contribution in [0.2, 0.25) is 10.0 Å². The molecule has 1 saturated heterocycles. The van der Waals surface area contributed by atoms with E-state index in [2.05, 4.69) is 10.2 Å². The monoisotopic (exact) mass is 422 g/mol. The molecular weight excluding hydrogens is 399 g/mol. The molecule has 2 aromatic rings. The van der Waals surface area contributed by atoms with E-state index in [1.807, 2.05) is 25.1 Å². The highest BCUT2D eigenvalue weighted by atomic mass is 35.5. The summed E-state index contributed by atoms with van der Waals surface area (Å²) in [5.41, 5.74) is 1.31. The molecule has 1 amide bonds. The Labute approximate surface area is 175 Å². The molecule has 1 atom stereocenters. The molecule has 0 bridgehead atoms. The summed E-state index contributed by atoms with van der Waals surface area (Å²) in [6, 6.07) is 12.5. The molecule has 1 aliphatic rings. The summed E-state index contributed by atoms with van der Waals surface area (Å²) >= 11 is 12.1. The molecule has 7 heteroatoms. The van der Waals surface area contributed by atoms with Gasteiger partial charge in [-0.15, -0.1) is 0 Å². The number of hydrogen-bond acceptors (Lipinski definition) is 4. The van der Waals surface area contributed by atoms with E-state index in [1.165, 1.54) is 0 Å². The van der Waals surface area contributed by atoms with Crippen molar-refractivity contribution in [1.29, 1.82) is 0 Å². The van der Waals surface area contributed by atoms with E-state index in [0.717, 1.165) is 38.4 Å². The van der Waals surface area contributed by atoms with Gasteiger partial charge in [-0.05, 0) is 31.2 Å². The molecule has 150 valence electrons. The van der Waals surface area contributed by atoms with Crippen LogP contribution in [0, 0.1) is 0 Å². The van der Waals surface area contributed by atoms with Crippen LogP contribution in [-0.2, 0) is 11.3 Å². The molecule has 0 radical (unpaired) electrons. The molecule has 28 heavy (non-hydrogen) atoms. The second kappa shape index (κ2) is 10.1. The van der Waals surface area contributed by atoms with Crippen LogP contribution in [0.3, 0.4) is 0 Å². The lowest BCUT2D eigenvalue weighted by molar-refractivity contribution is 0.0342. The van der Waals surface area contributed by atoms with Crippen molar-refractivity contribution in [2.24, 2.45) is 0 Å². The standard InChI is InChI=1S/C21H24Cl2N2O3/c1-15(13-25-8-10-27-11-9-25)24-21(26)18-4-2-3-5-20(18)28-14-16-6-7-17(22)12-19(16)23/h2-7,12,15H,8-11,13-14H2,1H3,(H,24,26). The molecule has 1 fully saturated rings. The van der Waals surface area contributed by atoms with Crippen LogP contribution < -0.4 is 10.1 Å². The Balaban J connectivity index is 1.61. The molecule has 0 aromatic heterocycles. The summed E-state index contributed by atoms with van der Waals surface area (Å²) in [4.78, 5) is 15.1. The third-order valence-corrected chi connectivity index (χ3v) is 5.13. The normalized spacial score (nSPS) is 15.8. The number of para-hydroxylation sites is 1. The number of rotatable bonds is 7. The van der Waals surface area contributed by atoms with Crippen LogP contribution in [0.25, 0.3) is 0 Å². The van der Waals surface area contributed by atoms with Crippen LogP contribution in [-0.4, -0.2) is 49.7 Å². The van der Waals surface area contributed by atoms with Gasteiger partial charge >= 0.3 is 0 Å². The van der Waals surface area contributed by atoms with Crippen molar-refractivity contribution >= 4 is 29.1 Å². The first-order valence-corrected chi connectivity index (χ1v) is 10.1. The van der Waals surface area contributed by atoms with Crippen LogP contribution in [0.4, 0.5) is 0 Å². The zero-order valence-electron chi connectivity index (χ0n) is 15.8. The highest BCUT2D eigenvalue weighted by molar-refractivity contribution is 6.35. The van der Waals surface area contributed by atoms with E-state index >= 15 is 0 Å². The number of carbonyl (C=O) groups is 1. The minimum Gasteiger partial charge on any atom is -0.488 e. The second-order valence-corrected chi connectivity index (χ2v) is 7.65. The summed E-state index contributed by atoms with van der Waals surface area (Å²) in [7, 11) is 0. The smallest absolute Gasteiger partial charge is 0.255 e. The second-order valence-electron chi connectivity index (χ2n) is 6.81. The van der Waals surface area contributed by atoms with Gasteiger partial charge < -0.3 is 14.8 Å². The van der Waals surface area contributed by atoms with Crippen LogP contribution in [0.5, 0.6) is 5.75 Å². The average molecular weight is 423 g/mol. The number of hydrogen-bond donors (Lipinski definition) is 1. The quantitative estimate of drug-likeness (QED) is 0.731. The van der Waals surface area contributed by atoms with Crippen molar-refractivity contribution in [2.45, 2.75) is 19.6 Å². The molecule has 1 unspecified atom stereocenters. The maximum Gasteiger partial charge on any atom is 0.255 e. The number of ether oxygens (including phenoxy) is 2. The van der Waals surface area contributed by atoms with Crippen LogP contribution in [0.15, 0.2) is 42.5 Å². The van der Waals surface area contributed by atoms with Crippen molar-refractivity contribution in [1.82, 2.24) is 10.2 Å². The fourth-order valence-corrected chi connectivity index (χ4v) is 3.56. The van der Waals surface area contributed by atoms with Gasteiger partial charge in [0.25, 0.3) is 5.91 Å². The number of nitrogens with zero attached hydrogens (tertiary/aromatic N) is 1. The van der Waals surface area contributed by atoms with Crippen molar-refractivity contribution in [3.05, 3.63) is 63.6 Å². The van der Waals surface area contributed by atoms with Gasteiger partial charge in [-0.1, -0.05) is 41.4 Å². The van der Waals surface area contributed by atoms with Gasteiger partial charge in [-0.25, -0.2) is 0 Å². The van der Waals surface area contributed by atoms with E-state index in [-0.39, 0.29) is 18.6 Å². The average Bonchev–Trinajstić information content (AvgIpc) is 2.68. The topological polar surface area (TPSA) is 50.8 Å². The Hall–Kier alpha value is -1.79. The van der Waals surface area contributed by atoms with Gasteiger partial charge in [0.1, 0.15) is 12.4 Å². The lowest BCUT2D eigenvalue weighted by Crippen LogP contribution is -2.46. The Kier molecular flexibility index (Phi) is 7.57. The van der Waals surface area contributed by atoms with E-state index in [4.69, 9.17) is 32.7 Å². The third kappa shape index (κ3) is 5.85. The molecule has 2 aromatic carbocycles. The van der Waals surface area contributed by atoms with Gasteiger partial charge in [-0.2, -0.15) is 0 Å². The number of nitrogens with one attached hydrogen (secondary N) is 1. The van der Waals surface area contributed by atoms with Crippen molar-refractivity contribution in [3.63, 3.8) is 0 Å². The SMILES string of the molecule is CC(CN1CCOCC1)NC(=O)c1ccccc1OCc1ccc(Cl)cc1Cl. The molecule has 3 rings (SSSR count). The Morgan fingerprint density at radius 2 is 1.96 bits per heavy atom. The van der Waals surface area contributed by atoms with Gasteiger partial charge in [-0.3, -0.25) is 9.69 Å². The number of morpholine rings is 1. The highest BCUT2D eigenvalue weighted by Crippen LogP contribution is 2.24. The molecule has 0 saturated carbocycles. The molecule has 0 aliphatic carbocycles. The van der Waals surface area contributed by atoms with E-state index in [9.17, 15) is 4.79 Å². The molecule has 1 N–H and O–H groups in total. The molecule has 0 spiro atoms. The minimum atomic E-state index is -0.154. The van der Waals surface area contributed by atoms with Crippen LogP contribution >= 0.6 is 23.2 Å². The number of benzene rings is 2. The first kappa shape index (κ1) is 20.9. The Bertz CT molecular complexity index is 810. The maximum absolute atomic E-state index is 12.8. The van der Waals surface area contributed by atoms with Crippen molar-refractivity contribution in [3.8, 4) is 5.75 Å². The van der Waals surface area contributed by atoms with Crippen molar-refractivity contribution < 1.29 is 14.3 Å². The van der Waals surface area contributed by atoms with Gasteiger partial charge in [0.05, 0.1) is 18.8 Å². The fraction of sp³-hybridized carbons (Fsp3) is 0.381. The molecule has 5 nitrogen and oxygen atoms in total. The molecule has 1 aliphatic heterocycles.